The summed E-state index contributed by atoms with van der Waals surface area (Å²) < 4.78 is 5.40. The molecule has 0 fully saturated rings. The molecule has 4 rings (SSSR count). The molecule has 1 aromatic heterocycles. The van der Waals surface area contributed by atoms with Crippen molar-refractivity contribution >= 4 is 34.0 Å². The summed E-state index contributed by atoms with van der Waals surface area (Å²) in [4.78, 5) is 22.8. The van der Waals surface area contributed by atoms with Gasteiger partial charge >= 0.3 is 0 Å². The smallest absolute Gasteiger partial charge is 0.247 e. The van der Waals surface area contributed by atoms with Crippen LogP contribution in [0.5, 0.6) is 5.75 Å². The Kier molecular flexibility index (Phi) is 4.01. The molecule has 130 valence electrons. The van der Waals surface area contributed by atoms with Gasteiger partial charge in [-0.3, -0.25) is 4.79 Å². The summed E-state index contributed by atoms with van der Waals surface area (Å²) in [5.41, 5.74) is 3.77. The Bertz CT molecular complexity index is 1020. The van der Waals surface area contributed by atoms with E-state index < -0.39 is 0 Å². The number of fused-ring (bicyclic) bond motifs is 2. The molecule has 1 N–H and O–H groups in total. The minimum atomic E-state index is -0.299. The first-order valence-corrected chi connectivity index (χ1v) is 8.33. The van der Waals surface area contributed by atoms with Gasteiger partial charge in [-0.2, -0.15) is 0 Å². The second-order valence-electron chi connectivity index (χ2n) is 5.99. The topological polar surface area (TPSA) is 67.4 Å². The summed E-state index contributed by atoms with van der Waals surface area (Å²) >= 11 is 0. The van der Waals surface area contributed by atoms with Gasteiger partial charge in [0.15, 0.2) is 0 Å². The fraction of sp³-hybridized carbons (Fsp3) is 0.150. The molecule has 1 aliphatic heterocycles. The molecule has 0 atom stereocenters. The van der Waals surface area contributed by atoms with E-state index in [1.807, 2.05) is 18.2 Å². The Morgan fingerprint density at radius 3 is 2.96 bits per heavy atom. The van der Waals surface area contributed by atoms with Gasteiger partial charge in [-0.15, -0.1) is 0 Å². The van der Waals surface area contributed by atoms with Crippen LogP contribution in [0.4, 0.5) is 17.2 Å². The van der Waals surface area contributed by atoms with E-state index in [0.717, 1.165) is 35.4 Å². The molecule has 2 heterocycles. The number of methoxy groups -OCH3 is 1. The summed E-state index contributed by atoms with van der Waals surface area (Å²) in [6.45, 7) is 4.35. The van der Waals surface area contributed by atoms with Gasteiger partial charge in [0.2, 0.25) is 5.91 Å². The number of nitrogens with one attached hydrogen (secondary N) is 1. The maximum atomic E-state index is 11.8. The fourth-order valence-corrected chi connectivity index (χ4v) is 3.29. The number of anilines is 3. The predicted molar refractivity (Wildman–Crippen MR) is 102 cm³/mol. The van der Waals surface area contributed by atoms with Crippen LogP contribution in [0.15, 0.2) is 55.4 Å². The fourth-order valence-electron chi connectivity index (χ4n) is 3.29. The lowest BCUT2D eigenvalue weighted by atomic mass is 10.1. The highest BCUT2D eigenvalue weighted by Crippen LogP contribution is 2.39. The lowest BCUT2D eigenvalue weighted by Gasteiger charge is -2.20. The maximum absolute atomic E-state index is 11.8. The van der Waals surface area contributed by atoms with Crippen molar-refractivity contribution < 1.29 is 9.53 Å². The third kappa shape index (κ3) is 2.65. The van der Waals surface area contributed by atoms with E-state index in [4.69, 9.17) is 4.74 Å². The van der Waals surface area contributed by atoms with Crippen LogP contribution in [0.3, 0.4) is 0 Å². The molecule has 1 amide bonds. The highest BCUT2D eigenvalue weighted by molar-refractivity contribution is 6.03. The summed E-state index contributed by atoms with van der Waals surface area (Å²) in [6, 6.07) is 12.0. The Balaban J connectivity index is 1.87. The van der Waals surface area contributed by atoms with E-state index in [-0.39, 0.29) is 5.91 Å². The minimum absolute atomic E-state index is 0.299. The molecule has 0 unspecified atom stereocenters. The van der Waals surface area contributed by atoms with Crippen LogP contribution in [-0.4, -0.2) is 29.5 Å². The number of ether oxygens (including phenoxy) is 1. The summed E-state index contributed by atoms with van der Waals surface area (Å²) in [5, 5.41) is 3.64. The Labute approximate surface area is 151 Å². The normalized spacial score (nSPS) is 12.7. The molecule has 0 saturated carbocycles. The zero-order valence-electron chi connectivity index (χ0n) is 14.4. The molecule has 0 saturated heterocycles. The van der Waals surface area contributed by atoms with E-state index in [9.17, 15) is 4.79 Å². The van der Waals surface area contributed by atoms with Gasteiger partial charge in [0.25, 0.3) is 0 Å². The Morgan fingerprint density at radius 1 is 1.31 bits per heavy atom. The molecule has 0 radical (unpaired) electrons. The third-order valence-electron chi connectivity index (χ3n) is 4.52. The van der Waals surface area contributed by atoms with E-state index in [1.165, 1.54) is 11.6 Å². The van der Waals surface area contributed by atoms with Crippen LogP contribution in [0.1, 0.15) is 5.56 Å². The van der Waals surface area contributed by atoms with Crippen LogP contribution in [0.2, 0.25) is 0 Å². The first-order chi connectivity index (χ1) is 12.7. The molecule has 0 spiro atoms. The number of rotatable bonds is 4. The largest absolute Gasteiger partial charge is 0.494 e. The summed E-state index contributed by atoms with van der Waals surface area (Å²) in [7, 11) is 1.56. The number of carbonyl (C=O) groups is 1. The number of nitrogens with zero attached hydrogens (tertiary/aromatic N) is 3. The van der Waals surface area contributed by atoms with Gasteiger partial charge in [-0.25, -0.2) is 9.97 Å². The molecule has 3 aromatic rings. The van der Waals surface area contributed by atoms with Gasteiger partial charge in [0.1, 0.15) is 17.9 Å². The van der Waals surface area contributed by atoms with Crippen LogP contribution >= 0.6 is 0 Å². The average Bonchev–Trinajstić information content (AvgIpc) is 3.10. The van der Waals surface area contributed by atoms with Crippen LogP contribution in [-0.2, 0) is 11.2 Å². The average molecular weight is 346 g/mol. The summed E-state index contributed by atoms with van der Waals surface area (Å²) in [5.74, 6) is 1.06. The van der Waals surface area contributed by atoms with E-state index in [1.54, 1.807) is 19.5 Å². The molecular weight excluding hydrogens is 328 g/mol. The number of hydrogen-bond acceptors (Lipinski definition) is 5. The summed E-state index contributed by atoms with van der Waals surface area (Å²) in [6.07, 6.45) is 3.75. The zero-order valence-corrected chi connectivity index (χ0v) is 14.4. The maximum Gasteiger partial charge on any atom is 0.247 e. The van der Waals surface area contributed by atoms with Crippen molar-refractivity contribution in [1.82, 2.24) is 9.97 Å². The molecule has 26 heavy (non-hydrogen) atoms. The van der Waals surface area contributed by atoms with Crippen LogP contribution < -0.4 is 15.0 Å². The highest BCUT2D eigenvalue weighted by Gasteiger charge is 2.23. The molecule has 0 aliphatic carbocycles. The molecule has 6 heteroatoms. The van der Waals surface area contributed by atoms with Crippen LogP contribution in [0.25, 0.3) is 10.9 Å². The molecule has 2 aromatic carbocycles. The SMILES string of the molecule is C=CC(=O)Nc1cc2c(N3CCc4ccccc43)ncnc2cc1OC. The highest BCUT2D eigenvalue weighted by atomic mass is 16.5. The molecule has 1 aliphatic rings. The van der Waals surface area contributed by atoms with E-state index in [2.05, 4.69) is 38.9 Å². The number of amides is 1. The van der Waals surface area contributed by atoms with Crippen molar-refractivity contribution in [2.24, 2.45) is 0 Å². The third-order valence-corrected chi connectivity index (χ3v) is 4.52. The lowest BCUT2D eigenvalue weighted by Crippen LogP contribution is -2.15. The first kappa shape index (κ1) is 16.1. The van der Waals surface area contributed by atoms with Crippen molar-refractivity contribution in [3.8, 4) is 5.75 Å². The Hall–Kier alpha value is -3.41. The number of hydrogen-bond donors (Lipinski definition) is 1. The minimum Gasteiger partial charge on any atom is -0.494 e. The second-order valence-corrected chi connectivity index (χ2v) is 5.99. The Morgan fingerprint density at radius 2 is 2.15 bits per heavy atom. The van der Waals surface area contributed by atoms with Crippen molar-refractivity contribution in [3.05, 3.63) is 60.9 Å². The van der Waals surface area contributed by atoms with Gasteiger partial charge in [-0.05, 0) is 30.2 Å². The molecule has 6 nitrogen and oxygen atoms in total. The predicted octanol–water partition coefficient (Wildman–Crippen LogP) is 3.46. The molecule has 0 bridgehead atoms. The number of aromatic nitrogens is 2. The van der Waals surface area contributed by atoms with Gasteiger partial charge < -0.3 is 15.0 Å². The first-order valence-electron chi connectivity index (χ1n) is 8.33. The van der Waals surface area contributed by atoms with Gasteiger partial charge in [0, 0.05) is 23.7 Å². The quantitative estimate of drug-likeness (QED) is 0.733. The van der Waals surface area contributed by atoms with Gasteiger partial charge in [-0.1, -0.05) is 24.8 Å². The zero-order chi connectivity index (χ0) is 18.1. The number of benzene rings is 2. The number of para-hydroxylation sites is 1. The lowest BCUT2D eigenvalue weighted by molar-refractivity contribution is -0.111. The monoisotopic (exact) mass is 346 g/mol. The number of carbonyl (C=O) groups excluding carboxylic acids is 1. The standard InChI is InChI=1S/C20H18N4O2/c1-3-19(25)23-16-10-14-15(11-18(16)26-2)21-12-22-20(14)24-9-8-13-6-4-5-7-17(13)24/h3-7,10-12H,1,8-9H2,2H3,(H,23,25). The van der Waals surface area contributed by atoms with E-state index in [0.29, 0.717) is 11.4 Å². The van der Waals surface area contributed by atoms with E-state index >= 15 is 0 Å². The van der Waals surface area contributed by atoms with Crippen molar-refractivity contribution in [1.29, 1.82) is 0 Å². The van der Waals surface area contributed by atoms with Gasteiger partial charge in [0.05, 0.1) is 18.3 Å². The van der Waals surface area contributed by atoms with Crippen LogP contribution in [0, 0.1) is 0 Å². The second kappa shape index (κ2) is 6.48. The van der Waals surface area contributed by atoms with Crippen molar-refractivity contribution in [3.63, 3.8) is 0 Å². The van der Waals surface area contributed by atoms with Crippen molar-refractivity contribution in [2.45, 2.75) is 6.42 Å². The van der Waals surface area contributed by atoms with Crippen molar-refractivity contribution in [2.75, 3.05) is 23.9 Å². The molecular formula is C20H18N4O2.